The van der Waals surface area contributed by atoms with Crippen molar-refractivity contribution < 1.29 is 9.47 Å². The highest BCUT2D eigenvalue weighted by atomic mass is 16.5. The Balaban J connectivity index is 1.54. The van der Waals surface area contributed by atoms with E-state index in [0.29, 0.717) is 31.3 Å². The van der Waals surface area contributed by atoms with Crippen LogP contribution < -0.4 is 11.0 Å². The molecule has 1 saturated heterocycles. The second kappa shape index (κ2) is 9.03. The van der Waals surface area contributed by atoms with Crippen LogP contribution in [-0.4, -0.2) is 72.0 Å². The number of methoxy groups -OCH3 is 1. The van der Waals surface area contributed by atoms with Crippen LogP contribution in [0.3, 0.4) is 0 Å². The van der Waals surface area contributed by atoms with E-state index in [1.807, 2.05) is 12.1 Å². The van der Waals surface area contributed by atoms with Crippen LogP contribution in [0.25, 0.3) is 0 Å². The predicted octanol–water partition coefficient (Wildman–Crippen LogP) is 1.45. The van der Waals surface area contributed by atoms with E-state index in [0.717, 1.165) is 25.2 Å². The van der Waals surface area contributed by atoms with Gasteiger partial charge in [-0.15, -0.1) is 0 Å². The highest BCUT2D eigenvalue weighted by molar-refractivity contribution is 6.00. The molecule has 1 fully saturated rings. The molecule has 4 rings (SSSR count). The molecule has 9 heteroatoms. The molecule has 0 spiro atoms. The number of imidazole rings is 1. The van der Waals surface area contributed by atoms with Crippen LogP contribution >= 0.6 is 0 Å². The molecule has 1 aromatic heterocycles. The first-order valence-electron chi connectivity index (χ1n) is 10.4. The number of amidine groups is 1. The van der Waals surface area contributed by atoms with E-state index < -0.39 is 6.35 Å². The Labute approximate surface area is 176 Å². The molecule has 0 amide bonds. The topological polar surface area (TPSA) is 98.6 Å². The van der Waals surface area contributed by atoms with Gasteiger partial charge in [-0.05, 0) is 37.1 Å². The fraction of sp³-hybridized carbons (Fsp3) is 0.524. The molecule has 1 atom stereocenters. The summed E-state index contributed by atoms with van der Waals surface area (Å²) < 4.78 is 12.5. The van der Waals surface area contributed by atoms with Gasteiger partial charge in [0.25, 0.3) is 0 Å². The first kappa shape index (κ1) is 20.6. The number of nitrogens with one attached hydrogen (secondary N) is 3. The van der Waals surface area contributed by atoms with Crippen molar-refractivity contribution in [2.75, 3.05) is 45.8 Å². The molecule has 0 aliphatic carbocycles. The number of hydrogen-bond donors (Lipinski definition) is 3. The van der Waals surface area contributed by atoms with E-state index in [9.17, 15) is 4.79 Å². The lowest BCUT2D eigenvalue weighted by molar-refractivity contribution is -0.0219. The average molecular weight is 415 g/mol. The summed E-state index contributed by atoms with van der Waals surface area (Å²) >= 11 is 0. The number of likely N-dealkylation sites (tertiary alicyclic amines) is 1. The lowest BCUT2D eigenvalue weighted by Gasteiger charge is -2.35. The van der Waals surface area contributed by atoms with Gasteiger partial charge in [-0.2, -0.15) is 0 Å². The van der Waals surface area contributed by atoms with Crippen molar-refractivity contribution in [3.05, 3.63) is 51.6 Å². The summed E-state index contributed by atoms with van der Waals surface area (Å²) in [5.74, 6) is 0.792. The third-order valence-corrected chi connectivity index (χ3v) is 5.69. The number of aromatic nitrogens is 2. The minimum Gasteiger partial charge on any atom is -0.382 e. The van der Waals surface area contributed by atoms with Gasteiger partial charge in [0.05, 0.1) is 19.8 Å². The van der Waals surface area contributed by atoms with Crippen molar-refractivity contribution in [3.63, 3.8) is 0 Å². The number of benzene rings is 1. The molecule has 0 radical (unpaired) electrons. The molecule has 30 heavy (non-hydrogen) atoms. The largest absolute Gasteiger partial charge is 0.382 e. The third-order valence-electron chi connectivity index (χ3n) is 5.69. The van der Waals surface area contributed by atoms with Gasteiger partial charge in [0.15, 0.2) is 5.84 Å². The van der Waals surface area contributed by atoms with E-state index in [-0.39, 0.29) is 11.5 Å². The van der Waals surface area contributed by atoms with Gasteiger partial charge in [0.1, 0.15) is 11.5 Å². The quantitative estimate of drug-likeness (QED) is 0.566. The molecule has 1 aromatic carbocycles. The van der Waals surface area contributed by atoms with Crippen LogP contribution in [0.4, 0.5) is 5.82 Å². The van der Waals surface area contributed by atoms with Crippen molar-refractivity contribution in [2.24, 2.45) is 0 Å². The van der Waals surface area contributed by atoms with E-state index in [2.05, 4.69) is 27.3 Å². The zero-order valence-corrected chi connectivity index (χ0v) is 17.6. The molecule has 162 valence electrons. The number of ether oxygens (including phenoxy) is 2. The highest BCUT2D eigenvalue weighted by Crippen LogP contribution is 2.23. The molecule has 2 aliphatic heterocycles. The minimum absolute atomic E-state index is 0.213. The number of aromatic amines is 1. The molecule has 9 nitrogen and oxygen atoms in total. The second-order valence-corrected chi connectivity index (χ2v) is 7.86. The van der Waals surface area contributed by atoms with Gasteiger partial charge in [-0.3, -0.25) is 14.9 Å². The van der Waals surface area contributed by atoms with Crippen LogP contribution in [0, 0.1) is 5.41 Å². The smallest absolute Gasteiger partial charge is 0.328 e. The predicted molar refractivity (Wildman–Crippen MR) is 115 cm³/mol. The van der Waals surface area contributed by atoms with Crippen molar-refractivity contribution >= 4 is 11.7 Å². The van der Waals surface area contributed by atoms with E-state index in [1.54, 1.807) is 23.6 Å². The van der Waals surface area contributed by atoms with Crippen LogP contribution in [0.1, 0.15) is 29.7 Å². The molecule has 0 saturated carbocycles. The molecule has 1 unspecified atom stereocenters. The molecule has 2 aliphatic rings. The number of rotatable bonds is 8. The van der Waals surface area contributed by atoms with Crippen molar-refractivity contribution in [1.82, 2.24) is 19.4 Å². The Morgan fingerprint density at radius 3 is 2.63 bits per heavy atom. The van der Waals surface area contributed by atoms with Crippen molar-refractivity contribution in [3.8, 4) is 0 Å². The van der Waals surface area contributed by atoms with Crippen molar-refractivity contribution in [2.45, 2.75) is 32.3 Å². The summed E-state index contributed by atoms with van der Waals surface area (Å²) in [5.41, 5.74) is 2.54. The fourth-order valence-corrected chi connectivity index (χ4v) is 4.05. The second-order valence-electron chi connectivity index (χ2n) is 7.86. The van der Waals surface area contributed by atoms with Gasteiger partial charge in [-0.1, -0.05) is 24.3 Å². The lowest BCUT2D eigenvalue weighted by Crippen LogP contribution is -2.48. The van der Waals surface area contributed by atoms with Gasteiger partial charge >= 0.3 is 5.69 Å². The molecule has 3 N–H and O–H groups in total. The maximum Gasteiger partial charge on any atom is 0.328 e. The Bertz CT molecular complexity index is 946. The Kier molecular flexibility index (Phi) is 6.21. The molecular weight excluding hydrogens is 384 g/mol. The summed E-state index contributed by atoms with van der Waals surface area (Å²) in [6.45, 7) is 4.51. The Morgan fingerprint density at radius 1 is 1.17 bits per heavy atom. The van der Waals surface area contributed by atoms with E-state index in [4.69, 9.17) is 14.9 Å². The van der Waals surface area contributed by atoms with E-state index >= 15 is 0 Å². The maximum atomic E-state index is 12.7. The standard InChI is InChI=1S/C21H30N6O3/c1-25-18(22)17-19(24-21(25)30-11-10-29-2)27(20(28)23-17)14-16-7-5-6-15(12-16)13-26-8-3-4-9-26/h5-7,12,21-22,24H,3-4,8-11,13-14H2,1-2H3,(H,23,28). The van der Waals surface area contributed by atoms with Crippen LogP contribution in [0.5, 0.6) is 0 Å². The summed E-state index contributed by atoms with van der Waals surface area (Å²) in [5, 5.41) is 11.7. The van der Waals surface area contributed by atoms with Crippen LogP contribution in [0.15, 0.2) is 29.1 Å². The first-order valence-corrected chi connectivity index (χ1v) is 10.4. The summed E-state index contributed by atoms with van der Waals surface area (Å²) in [6.07, 6.45) is 2.00. The summed E-state index contributed by atoms with van der Waals surface area (Å²) in [7, 11) is 3.37. The monoisotopic (exact) mass is 414 g/mol. The van der Waals surface area contributed by atoms with Crippen LogP contribution in [0.2, 0.25) is 0 Å². The lowest BCUT2D eigenvalue weighted by atomic mass is 10.1. The first-order chi connectivity index (χ1) is 14.6. The number of H-pyrrole nitrogens is 1. The SMILES string of the molecule is COCCOC1Nc2c([nH]c(=O)n2Cc2cccc(CN3CCCC3)c2)C(=N)N1C. The molecule has 2 aromatic rings. The third kappa shape index (κ3) is 4.28. The Hall–Kier alpha value is -2.62. The molecule has 3 heterocycles. The Morgan fingerprint density at radius 2 is 1.90 bits per heavy atom. The maximum absolute atomic E-state index is 12.7. The summed E-state index contributed by atoms with van der Waals surface area (Å²) in [4.78, 5) is 19.6. The zero-order chi connectivity index (χ0) is 21.1. The highest BCUT2D eigenvalue weighted by Gasteiger charge is 2.31. The number of hydrogen-bond acceptors (Lipinski definition) is 6. The number of nitrogens with zero attached hydrogens (tertiary/aromatic N) is 3. The van der Waals surface area contributed by atoms with Gasteiger partial charge in [0, 0.05) is 20.7 Å². The zero-order valence-electron chi connectivity index (χ0n) is 17.6. The van der Waals surface area contributed by atoms with Crippen molar-refractivity contribution in [1.29, 1.82) is 5.41 Å². The van der Waals surface area contributed by atoms with E-state index in [1.165, 1.54) is 18.4 Å². The average Bonchev–Trinajstić information content (AvgIpc) is 3.35. The normalized spacial score (nSPS) is 19.2. The fourth-order valence-electron chi connectivity index (χ4n) is 4.05. The molecular formula is C21H30N6O3. The van der Waals surface area contributed by atoms with Gasteiger partial charge < -0.3 is 24.7 Å². The minimum atomic E-state index is -0.539. The van der Waals surface area contributed by atoms with Gasteiger partial charge in [-0.25, -0.2) is 4.79 Å². The van der Waals surface area contributed by atoms with Gasteiger partial charge in [0.2, 0.25) is 6.35 Å². The summed E-state index contributed by atoms with van der Waals surface area (Å²) in [6, 6.07) is 8.38. The number of fused-ring (bicyclic) bond motifs is 1. The molecule has 0 bridgehead atoms. The number of anilines is 1. The van der Waals surface area contributed by atoms with Crippen LogP contribution in [-0.2, 0) is 22.6 Å².